The maximum atomic E-state index is 6.12. The SMILES string of the molecule is COc1ccc(CCc2ccccc2OCc2ccc(OC)c(OC)c2)cc1OC. The molecular formula is C25H28O5. The fourth-order valence-corrected chi connectivity index (χ4v) is 3.30. The number of methoxy groups -OCH3 is 4. The van der Waals surface area contributed by atoms with E-state index in [9.17, 15) is 0 Å². The van der Waals surface area contributed by atoms with Crippen molar-refractivity contribution in [3.8, 4) is 28.7 Å². The summed E-state index contributed by atoms with van der Waals surface area (Å²) < 4.78 is 27.5. The molecule has 0 unspecified atom stereocenters. The minimum absolute atomic E-state index is 0.452. The molecule has 0 radical (unpaired) electrons. The Morgan fingerprint density at radius 1 is 0.533 bits per heavy atom. The molecule has 3 rings (SSSR count). The summed E-state index contributed by atoms with van der Waals surface area (Å²) in [7, 11) is 6.55. The van der Waals surface area contributed by atoms with Gasteiger partial charge in [-0.05, 0) is 59.9 Å². The zero-order chi connectivity index (χ0) is 21.3. The molecule has 5 heteroatoms. The Bertz CT molecular complexity index is 889. The quantitative estimate of drug-likeness (QED) is 0.468. The lowest BCUT2D eigenvalue weighted by Crippen LogP contribution is -2.01. The number of ether oxygens (including phenoxy) is 5. The first-order chi connectivity index (χ1) is 14.7. The van der Waals surface area contributed by atoms with Gasteiger partial charge in [0.05, 0.1) is 28.4 Å². The highest BCUT2D eigenvalue weighted by Gasteiger charge is 2.09. The maximum Gasteiger partial charge on any atom is 0.161 e. The Morgan fingerprint density at radius 2 is 1.10 bits per heavy atom. The van der Waals surface area contributed by atoms with Crippen LogP contribution in [0.5, 0.6) is 28.7 Å². The van der Waals surface area contributed by atoms with Gasteiger partial charge in [0.15, 0.2) is 23.0 Å². The third-order valence-electron chi connectivity index (χ3n) is 4.95. The van der Waals surface area contributed by atoms with Gasteiger partial charge in [-0.25, -0.2) is 0 Å². The number of hydrogen-bond acceptors (Lipinski definition) is 5. The second kappa shape index (κ2) is 10.4. The summed E-state index contributed by atoms with van der Waals surface area (Å²) in [6, 6.07) is 20.0. The average molecular weight is 408 g/mol. The largest absolute Gasteiger partial charge is 0.493 e. The van der Waals surface area contributed by atoms with Crippen LogP contribution in [0.15, 0.2) is 60.7 Å². The van der Waals surface area contributed by atoms with E-state index in [1.165, 1.54) is 5.56 Å². The standard InChI is InChI=1S/C25H28O5/c1-26-22-13-10-18(15-24(22)28-3)9-12-20-7-5-6-8-21(20)30-17-19-11-14-23(27-2)25(16-19)29-4/h5-8,10-11,13-16H,9,12,17H2,1-4H3. The number of hydrogen-bond donors (Lipinski definition) is 0. The summed E-state index contributed by atoms with van der Waals surface area (Å²) in [4.78, 5) is 0. The molecule has 0 aromatic heterocycles. The Morgan fingerprint density at radius 3 is 1.73 bits per heavy atom. The van der Waals surface area contributed by atoms with Crippen molar-refractivity contribution in [1.29, 1.82) is 0 Å². The van der Waals surface area contributed by atoms with E-state index in [0.717, 1.165) is 41.2 Å². The molecule has 0 bridgehead atoms. The lowest BCUT2D eigenvalue weighted by atomic mass is 10.0. The topological polar surface area (TPSA) is 46.2 Å². The molecule has 0 atom stereocenters. The number of rotatable bonds is 10. The predicted molar refractivity (Wildman–Crippen MR) is 117 cm³/mol. The van der Waals surface area contributed by atoms with Gasteiger partial charge < -0.3 is 23.7 Å². The minimum atomic E-state index is 0.452. The molecule has 0 saturated carbocycles. The van der Waals surface area contributed by atoms with Crippen LogP contribution in [-0.2, 0) is 19.4 Å². The second-order valence-electron chi connectivity index (χ2n) is 6.78. The van der Waals surface area contributed by atoms with Gasteiger partial charge in [0, 0.05) is 0 Å². The third-order valence-corrected chi connectivity index (χ3v) is 4.95. The van der Waals surface area contributed by atoms with Gasteiger partial charge in [0.25, 0.3) is 0 Å². The van der Waals surface area contributed by atoms with E-state index in [1.807, 2.05) is 48.5 Å². The zero-order valence-corrected chi connectivity index (χ0v) is 17.9. The van der Waals surface area contributed by atoms with E-state index in [1.54, 1.807) is 28.4 Å². The van der Waals surface area contributed by atoms with Crippen molar-refractivity contribution >= 4 is 0 Å². The molecule has 3 aromatic rings. The molecule has 0 N–H and O–H groups in total. The van der Waals surface area contributed by atoms with Crippen LogP contribution in [0.4, 0.5) is 0 Å². The van der Waals surface area contributed by atoms with E-state index in [4.69, 9.17) is 23.7 Å². The minimum Gasteiger partial charge on any atom is -0.493 e. The molecule has 0 aliphatic heterocycles. The third kappa shape index (κ3) is 5.17. The molecule has 158 valence electrons. The Labute approximate surface area is 178 Å². The van der Waals surface area contributed by atoms with Crippen molar-refractivity contribution in [1.82, 2.24) is 0 Å². The van der Waals surface area contributed by atoms with E-state index >= 15 is 0 Å². The molecule has 0 spiro atoms. The average Bonchev–Trinajstić information content (AvgIpc) is 2.81. The zero-order valence-electron chi connectivity index (χ0n) is 17.9. The van der Waals surface area contributed by atoms with Gasteiger partial charge in [0.1, 0.15) is 12.4 Å². The van der Waals surface area contributed by atoms with Crippen molar-refractivity contribution in [3.63, 3.8) is 0 Å². The Hall–Kier alpha value is -3.34. The fraction of sp³-hybridized carbons (Fsp3) is 0.280. The Kier molecular flexibility index (Phi) is 7.44. The van der Waals surface area contributed by atoms with Gasteiger partial charge in [-0.15, -0.1) is 0 Å². The smallest absolute Gasteiger partial charge is 0.161 e. The molecule has 0 fully saturated rings. The summed E-state index contributed by atoms with van der Waals surface area (Å²) in [6.07, 6.45) is 1.73. The maximum absolute atomic E-state index is 6.12. The van der Waals surface area contributed by atoms with E-state index in [-0.39, 0.29) is 0 Å². The van der Waals surface area contributed by atoms with Gasteiger partial charge in [0.2, 0.25) is 0 Å². The van der Waals surface area contributed by atoms with Crippen LogP contribution in [0.1, 0.15) is 16.7 Å². The molecule has 0 aliphatic rings. The molecule has 30 heavy (non-hydrogen) atoms. The summed E-state index contributed by atoms with van der Waals surface area (Å²) in [5, 5.41) is 0. The normalized spacial score (nSPS) is 10.4. The lowest BCUT2D eigenvalue weighted by Gasteiger charge is -2.14. The van der Waals surface area contributed by atoms with Crippen molar-refractivity contribution in [3.05, 3.63) is 77.4 Å². The summed E-state index contributed by atoms with van der Waals surface area (Å²) in [5.74, 6) is 3.76. The molecule has 0 amide bonds. The van der Waals surface area contributed by atoms with Crippen molar-refractivity contribution < 1.29 is 23.7 Å². The van der Waals surface area contributed by atoms with E-state index in [2.05, 4.69) is 12.1 Å². The van der Waals surface area contributed by atoms with Crippen LogP contribution >= 0.6 is 0 Å². The number of benzene rings is 3. The van der Waals surface area contributed by atoms with E-state index in [0.29, 0.717) is 18.1 Å². The number of aryl methyl sites for hydroxylation is 2. The second-order valence-corrected chi connectivity index (χ2v) is 6.78. The van der Waals surface area contributed by atoms with Gasteiger partial charge in [-0.3, -0.25) is 0 Å². The lowest BCUT2D eigenvalue weighted by molar-refractivity contribution is 0.300. The fourth-order valence-electron chi connectivity index (χ4n) is 3.30. The van der Waals surface area contributed by atoms with E-state index < -0.39 is 0 Å². The first-order valence-electron chi connectivity index (χ1n) is 9.81. The molecular weight excluding hydrogens is 380 g/mol. The highest BCUT2D eigenvalue weighted by molar-refractivity contribution is 5.44. The highest BCUT2D eigenvalue weighted by atomic mass is 16.5. The van der Waals surface area contributed by atoms with Gasteiger partial charge in [-0.1, -0.05) is 30.3 Å². The van der Waals surface area contributed by atoms with Crippen molar-refractivity contribution in [2.75, 3.05) is 28.4 Å². The van der Waals surface area contributed by atoms with Crippen LogP contribution in [0.2, 0.25) is 0 Å². The summed E-state index contributed by atoms with van der Waals surface area (Å²) in [6.45, 7) is 0.452. The summed E-state index contributed by atoms with van der Waals surface area (Å²) >= 11 is 0. The first-order valence-corrected chi connectivity index (χ1v) is 9.81. The van der Waals surface area contributed by atoms with Crippen molar-refractivity contribution in [2.45, 2.75) is 19.4 Å². The molecule has 0 heterocycles. The molecule has 3 aromatic carbocycles. The van der Waals surface area contributed by atoms with Gasteiger partial charge in [-0.2, -0.15) is 0 Å². The molecule has 5 nitrogen and oxygen atoms in total. The molecule has 0 saturated heterocycles. The van der Waals surface area contributed by atoms with Crippen LogP contribution in [0.25, 0.3) is 0 Å². The van der Waals surface area contributed by atoms with Crippen LogP contribution in [0, 0.1) is 0 Å². The van der Waals surface area contributed by atoms with Gasteiger partial charge >= 0.3 is 0 Å². The Balaban J connectivity index is 1.68. The van der Waals surface area contributed by atoms with Crippen molar-refractivity contribution in [2.24, 2.45) is 0 Å². The molecule has 0 aliphatic carbocycles. The summed E-state index contributed by atoms with van der Waals surface area (Å²) in [5.41, 5.74) is 3.36. The van der Waals surface area contributed by atoms with Crippen LogP contribution in [-0.4, -0.2) is 28.4 Å². The monoisotopic (exact) mass is 408 g/mol. The van der Waals surface area contributed by atoms with Crippen LogP contribution < -0.4 is 23.7 Å². The predicted octanol–water partition coefficient (Wildman–Crippen LogP) is 5.09. The first kappa shape index (κ1) is 21.4. The number of para-hydroxylation sites is 1. The highest BCUT2D eigenvalue weighted by Crippen LogP contribution is 2.30. The van der Waals surface area contributed by atoms with Crippen LogP contribution in [0.3, 0.4) is 0 Å².